The van der Waals surface area contributed by atoms with Gasteiger partial charge in [-0.3, -0.25) is 14.5 Å². The summed E-state index contributed by atoms with van der Waals surface area (Å²) in [7, 11) is 3.52. The van der Waals surface area contributed by atoms with Crippen LogP contribution in [-0.4, -0.2) is 87.4 Å². The molecule has 0 bridgehead atoms. The predicted octanol–water partition coefficient (Wildman–Crippen LogP) is 3.27. The number of methoxy groups -OCH3 is 1. The van der Waals surface area contributed by atoms with Crippen LogP contribution in [0.1, 0.15) is 49.9 Å². The maximum absolute atomic E-state index is 13.5. The number of nitrogens with zero attached hydrogens (tertiary/aromatic N) is 2. The van der Waals surface area contributed by atoms with Crippen LogP contribution in [0.4, 0.5) is 5.69 Å². The molecule has 1 saturated carbocycles. The van der Waals surface area contributed by atoms with Gasteiger partial charge in [-0.25, -0.2) is 0 Å². The highest BCUT2D eigenvalue weighted by molar-refractivity contribution is 5.99. The largest absolute Gasteiger partial charge is 0.491 e. The Bertz CT molecular complexity index is 884. The molecule has 35 heavy (non-hydrogen) atoms. The standard InChI is InChI=1S/C27H41N3O5/c1-18-14-30(15-20-5-6-20)19(2)17-35-24-8-7-22(28-26(31)21-9-11-34-12-10-21)13-23(24)27(32)29(3)16-25(18)33-4/h7-8,13,18-21,25H,5-6,9-12,14-17H2,1-4H3,(H,28,31)/t18-,19+,25-/m0/s1. The van der Waals surface area contributed by atoms with E-state index in [-0.39, 0.29) is 35.8 Å². The van der Waals surface area contributed by atoms with Crippen LogP contribution in [0, 0.1) is 17.8 Å². The lowest BCUT2D eigenvalue weighted by atomic mass is 9.99. The van der Waals surface area contributed by atoms with Crippen LogP contribution in [0.2, 0.25) is 0 Å². The molecule has 194 valence electrons. The summed E-state index contributed by atoms with van der Waals surface area (Å²) in [5, 5.41) is 3.00. The lowest BCUT2D eigenvalue weighted by Gasteiger charge is -2.36. The van der Waals surface area contributed by atoms with Gasteiger partial charge in [0.05, 0.1) is 11.7 Å². The molecule has 3 aliphatic rings. The Morgan fingerprint density at radius 2 is 1.89 bits per heavy atom. The van der Waals surface area contributed by atoms with E-state index >= 15 is 0 Å². The van der Waals surface area contributed by atoms with E-state index in [9.17, 15) is 9.59 Å². The molecule has 0 aromatic heterocycles. The van der Waals surface area contributed by atoms with E-state index in [0.29, 0.717) is 56.2 Å². The molecule has 3 atom stereocenters. The fourth-order valence-electron chi connectivity index (χ4n) is 5.02. The molecule has 8 heteroatoms. The van der Waals surface area contributed by atoms with E-state index in [0.717, 1.165) is 19.0 Å². The van der Waals surface area contributed by atoms with Gasteiger partial charge in [0.1, 0.15) is 12.4 Å². The smallest absolute Gasteiger partial charge is 0.257 e. The first-order valence-corrected chi connectivity index (χ1v) is 13.0. The van der Waals surface area contributed by atoms with Crippen molar-refractivity contribution < 1.29 is 23.8 Å². The molecule has 1 N–H and O–H groups in total. The molecule has 4 rings (SSSR count). The minimum Gasteiger partial charge on any atom is -0.491 e. The number of anilines is 1. The molecule has 0 radical (unpaired) electrons. The second kappa shape index (κ2) is 11.7. The van der Waals surface area contributed by atoms with E-state index in [1.165, 1.54) is 12.8 Å². The molecule has 1 saturated heterocycles. The molecule has 8 nitrogen and oxygen atoms in total. The van der Waals surface area contributed by atoms with Gasteiger partial charge in [-0.05, 0) is 62.6 Å². The average molecular weight is 488 g/mol. The zero-order valence-corrected chi connectivity index (χ0v) is 21.6. The van der Waals surface area contributed by atoms with Gasteiger partial charge in [-0.15, -0.1) is 0 Å². The number of fused-ring (bicyclic) bond motifs is 1. The third kappa shape index (κ3) is 6.74. The number of carbonyl (C=O) groups excluding carboxylic acids is 2. The minimum atomic E-state index is -0.139. The molecule has 2 aliphatic heterocycles. The summed E-state index contributed by atoms with van der Waals surface area (Å²) in [6, 6.07) is 5.58. The Kier molecular flexibility index (Phi) is 8.68. The molecule has 1 aliphatic carbocycles. The molecular formula is C27H41N3O5. The number of hydrogen-bond donors (Lipinski definition) is 1. The van der Waals surface area contributed by atoms with Gasteiger partial charge in [0, 0.05) is 64.7 Å². The van der Waals surface area contributed by atoms with Crippen LogP contribution in [-0.2, 0) is 14.3 Å². The van der Waals surface area contributed by atoms with E-state index in [1.54, 1.807) is 31.2 Å². The Hall–Kier alpha value is -2.16. The minimum absolute atomic E-state index is 0.0271. The van der Waals surface area contributed by atoms with Crippen LogP contribution in [0.3, 0.4) is 0 Å². The van der Waals surface area contributed by atoms with Gasteiger partial charge in [0.2, 0.25) is 5.91 Å². The molecule has 2 heterocycles. The summed E-state index contributed by atoms with van der Waals surface area (Å²) >= 11 is 0. The summed E-state index contributed by atoms with van der Waals surface area (Å²) in [5.41, 5.74) is 1.07. The maximum atomic E-state index is 13.5. The number of carbonyl (C=O) groups is 2. The molecular weight excluding hydrogens is 446 g/mol. The first kappa shape index (κ1) is 25.9. The van der Waals surface area contributed by atoms with Crippen molar-refractivity contribution in [1.82, 2.24) is 9.80 Å². The van der Waals surface area contributed by atoms with Gasteiger partial charge in [-0.2, -0.15) is 0 Å². The van der Waals surface area contributed by atoms with Crippen molar-refractivity contribution in [3.8, 4) is 5.75 Å². The van der Waals surface area contributed by atoms with Crippen LogP contribution < -0.4 is 10.1 Å². The molecule has 1 aromatic rings. The highest BCUT2D eigenvalue weighted by atomic mass is 16.5. The number of benzene rings is 1. The molecule has 2 amide bonds. The second-order valence-electron chi connectivity index (χ2n) is 10.6. The van der Waals surface area contributed by atoms with Gasteiger partial charge in [0.25, 0.3) is 5.91 Å². The van der Waals surface area contributed by atoms with Crippen molar-refractivity contribution in [2.24, 2.45) is 17.8 Å². The third-order valence-corrected chi connectivity index (χ3v) is 7.62. The molecule has 0 unspecified atom stereocenters. The van der Waals surface area contributed by atoms with Gasteiger partial charge >= 0.3 is 0 Å². The van der Waals surface area contributed by atoms with Crippen molar-refractivity contribution in [3.05, 3.63) is 23.8 Å². The quantitative estimate of drug-likeness (QED) is 0.687. The SMILES string of the molecule is CO[C@H]1CN(C)C(=O)c2cc(NC(=O)C3CCOCC3)ccc2OC[C@@H](C)N(CC2CC2)C[C@@H]1C. The predicted molar refractivity (Wildman–Crippen MR) is 135 cm³/mol. The van der Waals surface area contributed by atoms with E-state index in [2.05, 4.69) is 24.1 Å². The van der Waals surface area contributed by atoms with Crippen molar-refractivity contribution in [2.75, 3.05) is 58.9 Å². The summed E-state index contributed by atoms with van der Waals surface area (Å²) in [6.07, 6.45) is 3.96. The van der Waals surface area contributed by atoms with Gasteiger partial charge in [-0.1, -0.05) is 6.92 Å². The number of likely N-dealkylation sites (N-methyl/N-ethyl adjacent to an activating group) is 1. The Morgan fingerprint density at radius 3 is 2.57 bits per heavy atom. The summed E-state index contributed by atoms with van der Waals surface area (Å²) < 4.78 is 17.5. The first-order valence-electron chi connectivity index (χ1n) is 13.0. The zero-order valence-electron chi connectivity index (χ0n) is 21.6. The van der Waals surface area contributed by atoms with E-state index in [1.807, 2.05) is 6.07 Å². The molecule has 0 spiro atoms. The summed E-state index contributed by atoms with van der Waals surface area (Å²) in [6.45, 7) is 8.57. The summed E-state index contributed by atoms with van der Waals surface area (Å²) in [5.74, 6) is 1.35. The Labute approximate surface area is 209 Å². The normalized spacial score (nSPS) is 27.4. The van der Waals surface area contributed by atoms with E-state index < -0.39 is 0 Å². The second-order valence-corrected chi connectivity index (χ2v) is 10.6. The zero-order chi connectivity index (χ0) is 24.9. The van der Waals surface area contributed by atoms with Gasteiger partial charge < -0.3 is 24.4 Å². The Balaban J connectivity index is 1.57. The number of amides is 2. The van der Waals surface area contributed by atoms with Crippen molar-refractivity contribution in [1.29, 1.82) is 0 Å². The van der Waals surface area contributed by atoms with Crippen molar-refractivity contribution in [2.45, 2.75) is 51.7 Å². The highest BCUT2D eigenvalue weighted by Gasteiger charge is 2.32. The lowest BCUT2D eigenvalue weighted by molar-refractivity contribution is -0.122. The van der Waals surface area contributed by atoms with Crippen molar-refractivity contribution in [3.63, 3.8) is 0 Å². The number of hydrogen-bond acceptors (Lipinski definition) is 6. The Morgan fingerprint density at radius 1 is 1.14 bits per heavy atom. The molecule has 1 aromatic carbocycles. The van der Waals surface area contributed by atoms with Crippen LogP contribution in [0.25, 0.3) is 0 Å². The maximum Gasteiger partial charge on any atom is 0.257 e. The third-order valence-electron chi connectivity index (χ3n) is 7.62. The summed E-state index contributed by atoms with van der Waals surface area (Å²) in [4.78, 5) is 30.5. The van der Waals surface area contributed by atoms with Crippen LogP contribution in [0.15, 0.2) is 18.2 Å². The first-order chi connectivity index (χ1) is 16.9. The lowest BCUT2D eigenvalue weighted by Crippen LogP contribution is -2.47. The monoisotopic (exact) mass is 487 g/mol. The molecule has 2 fully saturated rings. The number of ether oxygens (including phenoxy) is 3. The highest BCUT2D eigenvalue weighted by Crippen LogP contribution is 2.32. The number of nitrogens with one attached hydrogen (secondary N) is 1. The fraction of sp³-hybridized carbons (Fsp3) is 0.704. The fourth-order valence-corrected chi connectivity index (χ4v) is 5.02. The van der Waals surface area contributed by atoms with Gasteiger partial charge in [0.15, 0.2) is 0 Å². The van der Waals surface area contributed by atoms with Crippen LogP contribution in [0.5, 0.6) is 5.75 Å². The van der Waals surface area contributed by atoms with Crippen molar-refractivity contribution >= 4 is 17.5 Å². The average Bonchev–Trinajstić information content (AvgIpc) is 3.69. The number of rotatable bonds is 5. The topological polar surface area (TPSA) is 80.3 Å². The van der Waals surface area contributed by atoms with E-state index in [4.69, 9.17) is 14.2 Å². The van der Waals surface area contributed by atoms with Crippen LogP contribution >= 0.6 is 0 Å².